The van der Waals surface area contributed by atoms with Crippen LogP contribution in [0.25, 0.3) is 0 Å². The van der Waals surface area contributed by atoms with E-state index in [0.29, 0.717) is 0 Å². The molecule has 3 nitrogen and oxygen atoms in total. The van der Waals surface area contributed by atoms with Gasteiger partial charge < -0.3 is 0 Å². The van der Waals surface area contributed by atoms with Gasteiger partial charge in [-0.1, -0.05) is 13.8 Å². The summed E-state index contributed by atoms with van der Waals surface area (Å²) in [6.07, 6.45) is 5.87. The van der Waals surface area contributed by atoms with Crippen LogP contribution in [-0.4, -0.2) is 9.55 Å². The summed E-state index contributed by atoms with van der Waals surface area (Å²) in [5.41, 5.74) is 0.968. The highest BCUT2D eigenvalue weighted by atomic mass is 16.1. The zero-order valence-corrected chi connectivity index (χ0v) is 8.73. The van der Waals surface area contributed by atoms with E-state index in [2.05, 4.69) is 4.98 Å². The lowest BCUT2D eigenvalue weighted by Gasteiger charge is -2.08. The SMILES string of the molecule is CC(C)c1cncn(CC2CC2)c1=O. The normalized spacial score (nSPS) is 16.2. The Bertz CT molecular complexity index is 377. The third kappa shape index (κ3) is 1.86. The lowest BCUT2D eigenvalue weighted by molar-refractivity contribution is 0.585. The molecule has 1 aromatic rings. The molecule has 0 bridgehead atoms. The second-order valence-corrected chi connectivity index (χ2v) is 4.40. The zero-order chi connectivity index (χ0) is 10.1. The Morgan fingerprint density at radius 1 is 1.57 bits per heavy atom. The van der Waals surface area contributed by atoms with Crippen LogP contribution in [0, 0.1) is 5.92 Å². The summed E-state index contributed by atoms with van der Waals surface area (Å²) in [4.78, 5) is 16.0. The van der Waals surface area contributed by atoms with Gasteiger partial charge in [-0.25, -0.2) is 4.98 Å². The van der Waals surface area contributed by atoms with Gasteiger partial charge in [-0.3, -0.25) is 9.36 Å². The molecule has 76 valence electrons. The molecule has 0 amide bonds. The second kappa shape index (κ2) is 3.56. The van der Waals surface area contributed by atoms with Gasteiger partial charge in [0, 0.05) is 18.3 Å². The van der Waals surface area contributed by atoms with Crippen molar-refractivity contribution in [3.8, 4) is 0 Å². The summed E-state index contributed by atoms with van der Waals surface area (Å²) in [7, 11) is 0. The van der Waals surface area contributed by atoms with Crippen LogP contribution >= 0.6 is 0 Å². The molecule has 1 heterocycles. The smallest absolute Gasteiger partial charge is 0.256 e. The summed E-state index contributed by atoms with van der Waals surface area (Å²) in [6.45, 7) is 4.91. The molecular weight excluding hydrogens is 176 g/mol. The Balaban J connectivity index is 2.30. The Morgan fingerprint density at radius 3 is 2.86 bits per heavy atom. The van der Waals surface area contributed by atoms with Crippen LogP contribution in [0.4, 0.5) is 0 Å². The molecule has 1 aromatic heterocycles. The second-order valence-electron chi connectivity index (χ2n) is 4.40. The van der Waals surface area contributed by atoms with Gasteiger partial charge in [-0.2, -0.15) is 0 Å². The van der Waals surface area contributed by atoms with E-state index in [1.165, 1.54) is 12.8 Å². The molecule has 1 fully saturated rings. The van der Waals surface area contributed by atoms with Crippen LogP contribution in [-0.2, 0) is 6.54 Å². The molecule has 0 aromatic carbocycles. The van der Waals surface area contributed by atoms with Gasteiger partial charge in [0.25, 0.3) is 5.56 Å². The van der Waals surface area contributed by atoms with E-state index >= 15 is 0 Å². The summed E-state index contributed by atoms with van der Waals surface area (Å²) < 4.78 is 1.76. The molecule has 0 N–H and O–H groups in total. The van der Waals surface area contributed by atoms with Crippen LogP contribution in [0.1, 0.15) is 38.2 Å². The lowest BCUT2D eigenvalue weighted by atomic mass is 10.1. The first-order valence-corrected chi connectivity index (χ1v) is 5.23. The Hall–Kier alpha value is -1.12. The van der Waals surface area contributed by atoms with Gasteiger partial charge in [-0.05, 0) is 24.7 Å². The van der Waals surface area contributed by atoms with Gasteiger partial charge in [0.15, 0.2) is 0 Å². The van der Waals surface area contributed by atoms with Crippen LogP contribution in [0.15, 0.2) is 17.3 Å². The molecule has 0 spiro atoms. The number of aromatic nitrogens is 2. The minimum atomic E-state index is 0.141. The zero-order valence-electron chi connectivity index (χ0n) is 8.73. The fraction of sp³-hybridized carbons (Fsp3) is 0.636. The Kier molecular flexibility index (Phi) is 2.40. The van der Waals surface area contributed by atoms with Gasteiger partial charge in [0.1, 0.15) is 0 Å². The van der Waals surface area contributed by atoms with Crippen LogP contribution in [0.5, 0.6) is 0 Å². The number of rotatable bonds is 3. The predicted molar refractivity (Wildman–Crippen MR) is 55.3 cm³/mol. The monoisotopic (exact) mass is 192 g/mol. The van der Waals surface area contributed by atoms with E-state index in [9.17, 15) is 4.79 Å². The highest BCUT2D eigenvalue weighted by molar-refractivity contribution is 5.09. The van der Waals surface area contributed by atoms with E-state index in [1.807, 2.05) is 13.8 Å². The minimum absolute atomic E-state index is 0.141. The van der Waals surface area contributed by atoms with Gasteiger partial charge in [0.2, 0.25) is 0 Å². The molecule has 14 heavy (non-hydrogen) atoms. The maximum Gasteiger partial charge on any atom is 0.256 e. The average molecular weight is 192 g/mol. The van der Waals surface area contributed by atoms with Crippen molar-refractivity contribution in [3.63, 3.8) is 0 Å². The summed E-state index contributed by atoms with van der Waals surface area (Å²) in [6, 6.07) is 0. The van der Waals surface area contributed by atoms with Gasteiger partial charge >= 0.3 is 0 Å². The Labute approximate surface area is 83.8 Å². The highest BCUT2D eigenvalue weighted by Crippen LogP contribution is 2.29. The fourth-order valence-electron chi connectivity index (χ4n) is 1.57. The molecule has 0 radical (unpaired) electrons. The van der Waals surface area contributed by atoms with Crippen molar-refractivity contribution in [2.24, 2.45) is 5.92 Å². The average Bonchev–Trinajstić information content (AvgIpc) is 2.92. The van der Waals surface area contributed by atoms with E-state index in [0.717, 1.165) is 18.0 Å². The maximum absolute atomic E-state index is 11.9. The molecule has 1 aliphatic carbocycles. The standard InChI is InChI=1S/C11H16N2O/c1-8(2)10-5-12-7-13(11(10)14)6-9-3-4-9/h5,7-9H,3-4,6H2,1-2H3. The van der Waals surface area contributed by atoms with Crippen molar-refractivity contribution < 1.29 is 0 Å². The molecule has 0 aliphatic heterocycles. The summed E-state index contributed by atoms with van der Waals surface area (Å²) in [5, 5.41) is 0. The fourth-order valence-corrected chi connectivity index (χ4v) is 1.57. The maximum atomic E-state index is 11.9. The highest BCUT2D eigenvalue weighted by Gasteiger charge is 2.22. The number of hydrogen-bond acceptors (Lipinski definition) is 2. The van der Waals surface area contributed by atoms with Gasteiger partial charge in [0.05, 0.1) is 6.33 Å². The first kappa shape index (κ1) is 9.44. The van der Waals surface area contributed by atoms with E-state index in [4.69, 9.17) is 0 Å². The van der Waals surface area contributed by atoms with Crippen molar-refractivity contribution in [2.75, 3.05) is 0 Å². The molecular formula is C11H16N2O. The first-order chi connectivity index (χ1) is 6.68. The quantitative estimate of drug-likeness (QED) is 0.731. The lowest BCUT2D eigenvalue weighted by Crippen LogP contribution is -2.25. The number of hydrogen-bond donors (Lipinski definition) is 0. The van der Waals surface area contributed by atoms with E-state index in [-0.39, 0.29) is 11.5 Å². The molecule has 0 saturated heterocycles. The predicted octanol–water partition coefficient (Wildman–Crippen LogP) is 1.78. The van der Waals surface area contributed by atoms with Crippen LogP contribution < -0.4 is 5.56 Å². The molecule has 2 rings (SSSR count). The summed E-state index contributed by atoms with van der Waals surface area (Å²) >= 11 is 0. The Morgan fingerprint density at radius 2 is 2.29 bits per heavy atom. The van der Waals surface area contributed by atoms with E-state index in [1.54, 1.807) is 17.1 Å². The number of nitrogens with zero attached hydrogens (tertiary/aromatic N) is 2. The van der Waals surface area contributed by atoms with E-state index < -0.39 is 0 Å². The van der Waals surface area contributed by atoms with Crippen molar-refractivity contribution in [1.29, 1.82) is 0 Å². The van der Waals surface area contributed by atoms with Crippen molar-refractivity contribution in [3.05, 3.63) is 28.4 Å². The molecule has 1 aliphatic rings. The minimum Gasteiger partial charge on any atom is -0.299 e. The van der Waals surface area contributed by atoms with Crippen LogP contribution in [0.2, 0.25) is 0 Å². The topological polar surface area (TPSA) is 34.9 Å². The third-order valence-electron chi connectivity index (χ3n) is 2.70. The summed E-state index contributed by atoms with van der Waals surface area (Å²) in [5.74, 6) is 0.985. The first-order valence-electron chi connectivity index (χ1n) is 5.23. The van der Waals surface area contributed by atoms with Crippen LogP contribution in [0.3, 0.4) is 0 Å². The molecule has 0 atom stereocenters. The third-order valence-corrected chi connectivity index (χ3v) is 2.70. The molecule has 0 unspecified atom stereocenters. The largest absolute Gasteiger partial charge is 0.299 e. The molecule has 1 saturated carbocycles. The van der Waals surface area contributed by atoms with Crippen molar-refractivity contribution >= 4 is 0 Å². The van der Waals surface area contributed by atoms with Gasteiger partial charge in [-0.15, -0.1) is 0 Å². The van der Waals surface area contributed by atoms with Crippen molar-refractivity contribution in [1.82, 2.24) is 9.55 Å². The van der Waals surface area contributed by atoms with Crippen molar-refractivity contribution in [2.45, 2.75) is 39.2 Å². The molecule has 3 heteroatoms.